The number of amides is 1. The average molecular weight is 537 g/mol. The molecular weight excluding hydrogens is 504 g/mol. The van der Waals surface area contributed by atoms with E-state index in [0.717, 1.165) is 24.2 Å². The van der Waals surface area contributed by atoms with Crippen LogP contribution in [0.5, 0.6) is 17.2 Å². The second-order valence-corrected chi connectivity index (χ2v) is 11.4. The zero-order valence-corrected chi connectivity index (χ0v) is 22.4. The number of carbonyl (C=O) groups is 1. The minimum Gasteiger partial charge on any atom is -0.497 e. The van der Waals surface area contributed by atoms with E-state index in [0.29, 0.717) is 35.8 Å². The van der Waals surface area contributed by atoms with Crippen LogP contribution in [0.15, 0.2) is 71.6 Å². The number of nitrogens with one attached hydrogen (secondary N) is 1. The first-order chi connectivity index (χ1) is 18.4. The highest BCUT2D eigenvalue weighted by atomic mass is 32.2. The number of sulfonamides is 1. The Kier molecular flexibility index (Phi) is 7.46. The topological polar surface area (TPSA) is 94.2 Å². The summed E-state index contributed by atoms with van der Waals surface area (Å²) in [5.74, 6) is 1.83. The largest absolute Gasteiger partial charge is 0.497 e. The van der Waals surface area contributed by atoms with Crippen LogP contribution in [0.2, 0.25) is 0 Å². The van der Waals surface area contributed by atoms with Crippen molar-refractivity contribution in [3.05, 3.63) is 72.3 Å². The number of hydrogen-bond acceptors (Lipinski definition) is 6. The van der Waals surface area contributed by atoms with Gasteiger partial charge in [-0.1, -0.05) is 18.2 Å². The molecule has 0 spiro atoms. The van der Waals surface area contributed by atoms with E-state index in [-0.39, 0.29) is 22.8 Å². The summed E-state index contributed by atoms with van der Waals surface area (Å²) in [4.78, 5) is 14.8. The highest BCUT2D eigenvalue weighted by Gasteiger charge is 2.32. The maximum Gasteiger partial charge on any atom is 0.262 e. The predicted octanol–water partition coefficient (Wildman–Crippen LogP) is 5.35. The van der Waals surface area contributed by atoms with E-state index in [1.54, 1.807) is 42.3 Å². The van der Waals surface area contributed by atoms with Gasteiger partial charge in [-0.2, -0.15) is 0 Å². The molecule has 1 amide bonds. The third-order valence-corrected chi connectivity index (χ3v) is 8.52. The van der Waals surface area contributed by atoms with Gasteiger partial charge in [-0.15, -0.1) is 0 Å². The number of hydrogen-bond donors (Lipinski definition) is 1. The maximum atomic E-state index is 13.1. The summed E-state index contributed by atoms with van der Waals surface area (Å²) in [6.45, 7) is 0.486. The van der Waals surface area contributed by atoms with E-state index in [1.165, 1.54) is 32.1 Å². The Morgan fingerprint density at radius 1 is 0.895 bits per heavy atom. The fourth-order valence-electron chi connectivity index (χ4n) is 5.13. The number of ether oxygens (including phenoxy) is 3. The van der Waals surface area contributed by atoms with Crippen molar-refractivity contribution in [2.24, 2.45) is 0 Å². The van der Waals surface area contributed by atoms with Crippen molar-refractivity contribution < 1.29 is 27.4 Å². The minimum absolute atomic E-state index is 0.0168. The molecule has 2 fully saturated rings. The van der Waals surface area contributed by atoms with Crippen LogP contribution in [0.3, 0.4) is 0 Å². The van der Waals surface area contributed by atoms with Crippen molar-refractivity contribution >= 4 is 27.3 Å². The van der Waals surface area contributed by atoms with Crippen LogP contribution >= 0.6 is 0 Å². The molecule has 3 aromatic rings. The van der Waals surface area contributed by atoms with E-state index in [4.69, 9.17) is 14.2 Å². The van der Waals surface area contributed by atoms with Gasteiger partial charge in [-0.05, 0) is 73.7 Å². The third-order valence-electron chi connectivity index (χ3n) is 7.14. The highest BCUT2D eigenvalue weighted by molar-refractivity contribution is 7.92. The lowest BCUT2D eigenvalue weighted by Crippen LogP contribution is -2.24. The van der Waals surface area contributed by atoms with E-state index in [2.05, 4.69) is 4.72 Å². The van der Waals surface area contributed by atoms with E-state index >= 15 is 0 Å². The summed E-state index contributed by atoms with van der Waals surface area (Å²) in [5, 5.41) is 0. The number of benzene rings is 3. The molecule has 1 aliphatic carbocycles. The van der Waals surface area contributed by atoms with Crippen molar-refractivity contribution in [1.29, 1.82) is 0 Å². The van der Waals surface area contributed by atoms with Gasteiger partial charge >= 0.3 is 0 Å². The number of rotatable bonds is 9. The summed E-state index contributed by atoms with van der Waals surface area (Å²) >= 11 is 0. The van der Waals surface area contributed by atoms with Crippen LogP contribution in [-0.2, 0) is 14.8 Å². The number of nitrogens with zero attached hydrogens (tertiary/aromatic N) is 1. The molecule has 1 heterocycles. The first kappa shape index (κ1) is 25.9. The molecule has 1 aliphatic heterocycles. The van der Waals surface area contributed by atoms with Crippen molar-refractivity contribution in [1.82, 2.24) is 0 Å². The Morgan fingerprint density at radius 2 is 1.68 bits per heavy atom. The lowest BCUT2D eigenvalue weighted by Gasteiger charge is -2.20. The standard InChI is InChI=1S/C29H32N2O6S/c1-35-25-11-6-12-26(18-25)38(33,34)30-22-7-5-8-23(17-22)31-19-21(16-29(31)32)20-13-14-27(36-2)28(15-20)37-24-9-3-4-10-24/h5-8,11-15,17-18,21,24,30H,3-4,9-10,16,19H2,1-2H3/t21-/m0/s1. The molecule has 9 heteroatoms. The monoisotopic (exact) mass is 536 g/mol. The summed E-state index contributed by atoms with van der Waals surface area (Å²) in [6, 6.07) is 19.0. The molecule has 1 atom stereocenters. The molecule has 38 heavy (non-hydrogen) atoms. The molecule has 2 aliphatic rings. The van der Waals surface area contributed by atoms with Gasteiger partial charge in [0.1, 0.15) is 5.75 Å². The zero-order chi connectivity index (χ0) is 26.7. The molecule has 0 unspecified atom stereocenters. The molecule has 0 bridgehead atoms. The van der Waals surface area contributed by atoms with Crippen LogP contribution in [-0.4, -0.2) is 41.2 Å². The lowest BCUT2D eigenvalue weighted by atomic mass is 9.98. The van der Waals surface area contributed by atoms with E-state index in [9.17, 15) is 13.2 Å². The molecule has 0 radical (unpaired) electrons. The Morgan fingerprint density at radius 3 is 2.45 bits per heavy atom. The summed E-state index contributed by atoms with van der Waals surface area (Å²) < 4.78 is 45.4. The smallest absolute Gasteiger partial charge is 0.262 e. The highest BCUT2D eigenvalue weighted by Crippen LogP contribution is 2.38. The quantitative estimate of drug-likeness (QED) is 0.396. The van der Waals surface area contributed by atoms with Gasteiger partial charge in [-0.25, -0.2) is 8.42 Å². The fourth-order valence-corrected chi connectivity index (χ4v) is 6.21. The second-order valence-electron chi connectivity index (χ2n) is 9.67. The Labute approximate surface area is 223 Å². The molecule has 3 aromatic carbocycles. The van der Waals surface area contributed by atoms with Crippen LogP contribution in [0.25, 0.3) is 0 Å². The van der Waals surface area contributed by atoms with Gasteiger partial charge < -0.3 is 19.1 Å². The van der Waals surface area contributed by atoms with Crippen LogP contribution in [0, 0.1) is 0 Å². The molecule has 1 saturated carbocycles. The van der Waals surface area contributed by atoms with Crippen molar-refractivity contribution in [3.8, 4) is 17.2 Å². The van der Waals surface area contributed by atoms with Gasteiger partial charge in [-0.3, -0.25) is 9.52 Å². The summed E-state index contributed by atoms with van der Waals surface area (Å²) in [6.07, 6.45) is 4.99. The normalized spacial score (nSPS) is 18.0. The fraction of sp³-hybridized carbons (Fsp3) is 0.345. The van der Waals surface area contributed by atoms with Gasteiger partial charge in [0.15, 0.2) is 11.5 Å². The van der Waals surface area contributed by atoms with Gasteiger partial charge in [0.25, 0.3) is 10.0 Å². The SMILES string of the molecule is COc1cccc(S(=O)(=O)Nc2cccc(N3C[C@@H](c4ccc(OC)c(OC5CCCC5)c4)CC3=O)c2)c1. The maximum absolute atomic E-state index is 13.1. The summed E-state index contributed by atoms with van der Waals surface area (Å²) in [7, 11) is -0.718. The van der Waals surface area contributed by atoms with Crippen molar-refractivity contribution in [3.63, 3.8) is 0 Å². The van der Waals surface area contributed by atoms with Crippen LogP contribution < -0.4 is 23.8 Å². The summed E-state index contributed by atoms with van der Waals surface area (Å²) in [5.41, 5.74) is 2.03. The Hall–Kier alpha value is -3.72. The molecule has 0 aromatic heterocycles. The lowest BCUT2D eigenvalue weighted by molar-refractivity contribution is -0.117. The van der Waals surface area contributed by atoms with Crippen LogP contribution in [0.1, 0.15) is 43.6 Å². The van der Waals surface area contributed by atoms with E-state index in [1.807, 2.05) is 24.3 Å². The van der Waals surface area contributed by atoms with Crippen molar-refractivity contribution in [2.75, 3.05) is 30.4 Å². The number of carbonyl (C=O) groups excluding carboxylic acids is 1. The Bertz CT molecular complexity index is 1420. The molecule has 5 rings (SSSR count). The van der Waals surface area contributed by atoms with Gasteiger partial charge in [0.05, 0.1) is 30.9 Å². The molecular formula is C29H32N2O6S. The number of methoxy groups -OCH3 is 2. The van der Waals surface area contributed by atoms with Gasteiger partial charge in [0, 0.05) is 30.6 Å². The first-order valence-electron chi connectivity index (χ1n) is 12.8. The predicted molar refractivity (Wildman–Crippen MR) is 146 cm³/mol. The second kappa shape index (κ2) is 10.9. The molecule has 200 valence electrons. The zero-order valence-electron chi connectivity index (χ0n) is 21.6. The third kappa shape index (κ3) is 5.57. The van der Waals surface area contributed by atoms with Crippen LogP contribution in [0.4, 0.5) is 11.4 Å². The van der Waals surface area contributed by atoms with E-state index < -0.39 is 10.0 Å². The Balaban J connectivity index is 1.33. The number of anilines is 2. The first-order valence-corrected chi connectivity index (χ1v) is 14.3. The molecule has 1 saturated heterocycles. The van der Waals surface area contributed by atoms with Gasteiger partial charge in [0.2, 0.25) is 5.91 Å². The molecule has 1 N–H and O–H groups in total. The molecule has 8 nitrogen and oxygen atoms in total. The minimum atomic E-state index is -3.83. The van der Waals surface area contributed by atoms with Crippen molar-refractivity contribution in [2.45, 2.75) is 49.0 Å². The average Bonchev–Trinajstić information content (AvgIpc) is 3.58.